The number of hydrogen-bond donors (Lipinski definition) is 1. The molecule has 1 aliphatic carbocycles. The zero-order chi connectivity index (χ0) is 22.8. The summed E-state index contributed by atoms with van der Waals surface area (Å²) in [6.07, 6.45) is 8.41. The van der Waals surface area contributed by atoms with Gasteiger partial charge in [0.05, 0.1) is 6.26 Å². The summed E-state index contributed by atoms with van der Waals surface area (Å²) in [5.74, 6) is 1.87. The molecular weight excluding hydrogens is 418 g/mol. The lowest BCUT2D eigenvalue weighted by molar-refractivity contribution is -0.136. The molecule has 2 bridgehead atoms. The Bertz CT molecular complexity index is 1040. The van der Waals surface area contributed by atoms with Crippen molar-refractivity contribution in [3.63, 3.8) is 0 Å². The second kappa shape index (κ2) is 9.57. The van der Waals surface area contributed by atoms with Crippen molar-refractivity contribution < 1.29 is 14.0 Å². The third-order valence-electron chi connectivity index (χ3n) is 7.70. The van der Waals surface area contributed by atoms with Crippen LogP contribution in [0.5, 0.6) is 0 Å². The second-order valence-electron chi connectivity index (χ2n) is 10.00. The topological polar surface area (TPSA) is 84.5 Å². The van der Waals surface area contributed by atoms with Crippen molar-refractivity contribution in [1.29, 1.82) is 0 Å². The Morgan fingerprint density at radius 3 is 2.76 bits per heavy atom. The molecule has 2 aromatic heterocycles. The fraction of sp³-hybridized carbons (Fsp3) is 0.577. The van der Waals surface area contributed by atoms with Crippen LogP contribution >= 0.6 is 0 Å². The molecule has 4 heterocycles. The highest BCUT2D eigenvalue weighted by molar-refractivity contribution is 5.84. The highest BCUT2D eigenvalue weighted by atomic mass is 16.3. The first-order valence-corrected chi connectivity index (χ1v) is 12.4. The van der Waals surface area contributed by atoms with Gasteiger partial charge in [0.1, 0.15) is 5.76 Å². The first-order chi connectivity index (χ1) is 16.1. The summed E-state index contributed by atoms with van der Waals surface area (Å²) in [6, 6.07) is 9.47. The lowest BCUT2D eigenvalue weighted by Crippen LogP contribution is -2.49. The molecular formula is C26H33N3O4. The number of furan rings is 1. The minimum absolute atomic E-state index is 0.0335. The van der Waals surface area contributed by atoms with E-state index in [0.717, 1.165) is 43.6 Å². The predicted molar refractivity (Wildman–Crippen MR) is 124 cm³/mol. The van der Waals surface area contributed by atoms with Crippen LogP contribution in [0.2, 0.25) is 0 Å². The van der Waals surface area contributed by atoms with Crippen LogP contribution in [0, 0.1) is 11.8 Å². The maximum Gasteiger partial charge on any atom is 0.250 e. The highest BCUT2D eigenvalue weighted by Gasteiger charge is 2.36. The van der Waals surface area contributed by atoms with Gasteiger partial charge in [-0.05, 0) is 49.3 Å². The molecule has 4 atom stereocenters. The summed E-state index contributed by atoms with van der Waals surface area (Å²) in [4.78, 5) is 39.8. The fourth-order valence-corrected chi connectivity index (χ4v) is 6.09. The summed E-state index contributed by atoms with van der Waals surface area (Å²) >= 11 is 0. The average Bonchev–Trinajstić information content (AvgIpc) is 3.32. The number of pyridine rings is 1. The van der Waals surface area contributed by atoms with Gasteiger partial charge in [0.2, 0.25) is 11.8 Å². The van der Waals surface area contributed by atoms with Crippen molar-refractivity contribution in [2.24, 2.45) is 11.8 Å². The molecule has 2 aromatic rings. The van der Waals surface area contributed by atoms with Gasteiger partial charge in [-0.1, -0.05) is 18.9 Å². The number of carbonyl (C=O) groups excluding carboxylic acids is 2. The van der Waals surface area contributed by atoms with E-state index in [9.17, 15) is 14.4 Å². The van der Waals surface area contributed by atoms with Crippen LogP contribution < -0.4 is 10.9 Å². The Morgan fingerprint density at radius 2 is 1.91 bits per heavy atom. The Hall–Kier alpha value is -2.83. The number of rotatable bonds is 6. The van der Waals surface area contributed by atoms with E-state index >= 15 is 0 Å². The minimum Gasteiger partial charge on any atom is -0.469 e. The van der Waals surface area contributed by atoms with E-state index in [0.29, 0.717) is 31.5 Å². The summed E-state index contributed by atoms with van der Waals surface area (Å²) in [6.45, 7) is 1.98. The largest absolute Gasteiger partial charge is 0.469 e. The lowest BCUT2D eigenvalue weighted by Gasteiger charge is -2.42. The molecule has 1 N–H and O–H groups in total. The quantitative estimate of drug-likeness (QED) is 0.732. The van der Waals surface area contributed by atoms with Crippen molar-refractivity contribution >= 4 is 11.8 Å². The maximum atomic E-state index is 12.9. The summed E-state index contributed by atoms with van der Waals surface area (Å²) < 4.78 is 7.39. The van der Waals surface area contributed by atoms with E-state index in [1.807, 2.05) is 33.7 Å². The molecule has 1 saturated carbocycles. The van der Waals surface area contributed by atoms with Gasteiger partial charge in [-0.25, -0.2) is 0 Å². The number of nitrogens with one attached hydrogen (secondary N) is 1. The molecule has 33 heavy (non-hydrogen) atoms. The average molecular weight is 452 g/mol. The van der Waals surface area contributed by atoms with Crippen LogP contribution in [0.1, 0.15) is 62.3 Å². The van der Waals surface area contributed by atoms with E-state index < -0.39 is 0 Å². The molecule has 0 aromatic carbocycles. The lowest BCUT2D eigenvalue weighted by atomic mass is 9.81. The Morgan fingerprint density at radius 1 is 1.03 bits per heavy atom. The number of hydrogen-bond acceptors (Lipinski definition) is 4. The van der Waals surface area contributed by atoms with Crippen molar-refractivity contribution in [3.8, 4) is 0 Å². The molecule has 3 aliphatic rings. The van der Waals surface area contributed by atoms with Gasteiger partial charge in [-0.3, -0.25) is 14.4 Å². The van der Waals surface area contributed by atoms with Crippen LogP contribution in [-0.4, -0.2) is 40.4 Å². The maximum absolute atomic E-state index is 12.9. The van der Waals surface area contributed by atoms with E-state index in [1.165, 1.54) is 6.42 Å². The van der Waals surface area contributed by atoms with Crippen molar-refractivity contribution in [1.82, 2.24) is 14.8 Å². The molecule has 7 nitrogen and oxygen atoms in total. The summed E-state index contributed by atoms with van der Waals surface area (Å²) in [5, 5.41) is 3.21. The number of amides is 2. The van der Waals surface area contributed by atoms with Gasteiger partial charge in [0, 0.05) is 62.6 Å². The van der Waals surface area contributed by atoms with Crippen LogP contribution in [0.3, 0.4) is 0 Å². The molecule has 2 fully saturated rings. The van der Waals surface area contributed by atoms with Gasteiger partial charge in [0.25, 0.3) is 5.56 Å². The van der Waals surface area contributed by atoms with Crippen molar-refractivity contribution in [2.75, 3.05) is 13.1 Å². The first-order valence-electron chi connectivity index (χ1n) is 12.4. The Kier molecular flexibility index (Phi) is 6.38. The van der Waals surface area contributed by atoms with E-state index in [-0.39, 0.29) is 42.2 Å². The smallest absolute Gasteiger partial charge is 0.250 e. The number of aromatic nitrogens is 1. The van der Waals surface area contributed by atoms with Crippen LogP contribution in [-0.2, 0) is 22.6 Å². The molecule has 1 saturated heterocycles. The standard InChI is InChI=1S/C26H33N3O4/c30-24(27-22-7-2-1-5-19(22)14-21-6-4-12-33-21)10-11-25(31)28-15-18-13-20(17-28)23-8-3-9-26(32)29(23)16-18/h3-4,6,8-9,12,18-20,22H,1-2,5,7,10-11,13-17H2,(H,27,30)/t18-,19?,20-,22?/m0/s1. The molecule has 0 radical (unpaired) electrons. The molecule has 5 rings (SSSR count). The fourth-order valence-electron chi connectivity index (χ4n) is 6.09. The molecule has 2 amide bonds. The van der Waals surface area contributed by atoms with Gasteiger partial charge >= 0.3 is 0 Å². The highest BCUT2D eigenvalue weighted by Crippen LogP contribution is 2.35. The van der Waals surface area contributed by atoms with Crippen molar-refractivity contribution in [2.45, 2.75) is 69.9 Å². The molecule has 2 aliphatic heterocycles. The van der Waals surface area contributed by atoms with E-state index in [1.54, 1.807) is 12.3 Å². The SMILES string of the molecule is O=C(CCC(=O)N1C[C@@H]2C[C@@H](C1)c1cccc(=O)n1C2)NC1CCCCC1Cc1ccco1. The van der Waals surface area contributed by atoms with E-state index in [4.69, 9.17) is 4.42 Å². The first kappa shape index (κ1) is 22.0. The van der Waals surface area contributed by atoms with Crippen molar-refractivity contribution in [3.05, 3.63) is 58.4 Å². The molecule has 176 valence electrons. The van der Waals surface area contributed by atoms with Gasteiger partial charge in [0.15, 0.2) is 0 Å². The van der Waals surface area contributed by atoms with Gasteiger partial charge in [-0.15, -0.1) is 0 Å². The number of fused-ring (bicyclic) bond motifs is 4. The van der Waals surface area contributed by atoms with Gasteiger partial charge in [-0.2, -0.15) is 0 Å². The number of piperidine rings is 1. The Labute approximate surface area is 194 Å². The Balaban J connectivity index is 1.13. The second-order valence-corrected chi connectivity index (χ2v) is 10.00. The molecule has 7 heteroatoms. The predicted octanol–water partition coefficient (Wildman–Crippen LogP) is 3.08. The van der Waals surface area contributed by atoms with Crippen LogP contribution in [0.25, 0.3) is 0 Å². The van der Waals surface area contributed by atoms with E-state index in [2.05, 4.69) is 5.32 Å². The molecule has 2 unspecified atom stereocenters. The number of carbonyl (C=O) groups is 2. The van der Waals surface area contributed by atoms with Crippen LogP contribution in [0.15, 0.2) is 45.8 Å². The minimum atomic E-state index is -0.0335. The summed E-state index contributed by atoms with van der Waals surface area (Å²) in [7, 11) is 0. The zero-order valence-electron chi connectivity index (χ0n) is 19.1. The normalized spacial score (nSPS) is 26.5. The molecule has 0 spiro atoms. The number of likely N-dealkylation sites (tertiary alicyclic amines) is 1. The summed E-state index contributed by atoms with van der Waals surface area (Å²) in [5.41, 5.74) is 1.08. The number of nitrogens with zero attached hydrogens (tertiary/aromatic N) is 2. The zero-order valence-corrected chi connectivity index (χ0v) is 19.1. The third kappa shape index (κ3) is 4.92. The third-order valence-corrected chi connectivity index (χ3v) is 7.70. The monoisotopic (exact) mass is 451 g/mol. The van der Waals surface area contributed by atoms with Gasteiger partial charge < -0.3 is 19.2 Å². The van der Waals surface area contributed by atoms with Crippen LogP contribution in [0.4, 0.5) is 0 Å².